The van der Waals surface area contributed by atoms with E-state index in [1.54, 1.807) is 11.0 Å². The van der Waals surface area contributed by atoms with E-state index < -0.39 is 0 Å². The lowest BCUT2D eigenvalue weighted by Gasteiger charge is -2.32. The second kappa shape index (κ2) is 9.72. The standard InChI is InChI=1S/C24H27N5O3/c1-16-8-10-18(11-9-16)24-28-27-21(32-24)12-13-22(30)29-14-4-6-19(15-29)23(31)26-20-7-3-5-17(2)25-20/h3,5,7-11,19H,4,6,12-15H2,1-2H3,(H,25,26,31). The molecule has 1 aliphatic rings. The number of carbonyl (C=O) groups excluding carboxylic acids is 2. The molecule has 2 aromatic heterocycles. The number of carbonyl (C=O) groups is 2. The summed E-state index contributed by atoms with van der Waals surface area (Å²) in [6, 6.07) is 13.3. The van der Waals surface area contributed by atoms with Gasteiger partial charge in [-0.3, -0.25) is 9.59 Å². The van der Waals surface area contributed by atoms with Gasteiger partial charge in [-0.1, -0.05) is 23.8 Å². The lowest BCUT2D eigenvalue weighted by atomic mass is 9.96. The number of hydrogen-bond donors (Lipinski definition) is 1. The highest BCUT2D eigenvalue weighted by molar-refractivity contribution is 5.92. The van der Waals surface area contributed by atoms with E-state index in [-0.39, 0.29) is 24.2 Å². The predicted octanol–water partition coefficient (Wildman–Crippen LogP) is 3.56. The SMILES string of the molecule is Cc1ccc(-c2nnc(CCC(=O)N3CCCC(C(=O)Nc4cccc(C)n4)C3)o2)cc1. The number of amides is 2. The first-order valence-corrected chi connectivity index (χ1v) is 10.9. The number of benzene rings is 1. The number of anilines is 1. The van der Waals surface area contributed by atoms with E-state index in [2.05, 4.69) is 20.5 Å². The summed E-state index contributed by atoms with van der Waals surface area (Å²) in [5.74, 6) is 1.08. The van der Waals surface area contributed by atoms with E-state index in [1.807, 2.05) is 50.2 Å². The lowest BCUT2D eigenvalue weighted by molar-refractivity contribution is -0.134. The quantitative estimate of drug-likeness (QED) is 0.638. The van der Waals surface area contributed by atoms with Gasteiger partial charge in [0.25, 0.3) is 0 Å². The molecule has 0 spiro atoms. The average molecular weight is 434 g/mol. The molecule has 8 heteroatoms. The van der Waals surface area contributed by atoms with Crippen LogP contribution in [-0.4, -0.2) is 45.0 Å². The third kappa shape index (κ3) is 5.38. The molecular formula is C24H27N5O3. The summed E-state index contributed by atoms with van der Waals surface area (Å²) in [6.45, 7) is 4.96. The minimum Gasteiger partial charge on any atom is -0.421 e. The topological polar surface area (TPSA) is 101 Å². The molecule has 166 valence electrons. The Kier molecular flexibility index (Phi) is 6.58. The Hall–Kier alpha value is -3.55. The van der Waals surface area contributed by atoms with Gasteiger partial charge in [-0.05, 0) is 51.0 Å². The van der Waals surface area contributed by atoms with Crippen molar-refractivity contribution in [1.29, 1.82) is 0 Å². The Morgan fingerprint density at radius 3 is 2.72 bits per heavy atom. The first-order valence-electron chi connectivity index (χ1n) is 10.9. The summed E-state index contributed by atoms with van der Waals surface area (Å²) in [6.07, 6.45) is 2.19. The maximum absolute atomic E-state index is 12.7. The molecule has 2 amide bonds. The van der Waals surface area contributed by atoms with E-state index >= 15 is 0 Å². The number of aromatic nitrogens is 3. The van der Waals surface area contributed by atoms with Crippen LogP contribution in [0.3, 0.4) is 0 Å². The van der Waals surface area contributed by atoms with Crippen LogP contribution < -0.4 is 5.32 Å². The first kappa shape index (κ1) is 21.7. The Morgan fingerprint density at radius 1 is 1.12 bits per heavy atom. The minimum absolute atomic E-state index is 0.00809. The molecule has 32 heavy (non-hydrogen) atoms. The van der Waals surface area contributed by atoms with Gasteiger partial charge in [0.2, 0.25) is 23.6 Å². The summed E-state index contributed by atoms with van der Waals surface area (Å²) >= 11 is 0. The Balaban J connectivity index is 1.30. The monoisotopic (exact) mass is 433 g/mol. The van der Waals surface area contributed by atoms with Gasteiger partial charge in [-0.25, -0.2) is 4.98 Å². The van der Waals surface area contributed by atoms with Gasteiger partial charge in [0.1, 0.15) is 5.82 Å². The van der Waals surface area contributed by atoms with Crippen molar-refractivity contribution < 1.29 is 14.0 Å². The largest absolute Gasteiger partial charge is 0.421 e. The molecule has 0 radical (unpaired) electrons. The fourth-order valence-electron chi connectivity index (χ4n) is 3.80. The molecule has 0 bridgehead atoms. The molecule has 1 fully saturated rings. The molecule has 3 heterocycles. The molecule has 1 atom stereocenters. The molecule has 1 saturated heterocycles. The Bertz CT molecular complexity index is 1090. The highest BCUT2D eigenvalue weighted by Gasteiger charge is 2.28. The van der Waals surface area contributed by atoms with Crippen molar-refractivity contribution in [3.8, 4) is 11.5 Å². The molecule has 1 unspecified atom stereocenters. The zero-order chi connectivity index (χ0) is 22.5. The van der Waals surface area contributed by atoms with E-state index in [1.165, 1.54) is 0 Å². The smallest absolute Gasteiger partial charge is 0.247 e. The summed E-state index contributed by atoms with van der Waals surface area (Å²) < 4.78 is 5.72. The van der Waals surface area contributed by atoms with Crippen LogP contribution in [0.15, 0.2) is 46.9 Å². The van der Waals surface area contributed by atoms with Crippen molar-refractivity contribution in [3.05, 3.63) is 59.6 Å². The fraction of sp³-hybridized carbons (Fsp3) is 0.375. The number of likely N-dealkylation sites (tertiary alicyclic amines) is 1. The molecule has 1 aromatic carbocycles. The number of piperidine rings is 1. The van der Waals surface area contributed by atoms with Gasteiger partial charge in [0.05, 0.1) is 5.92 Å². The average Bonchev–Trinajstić information content (AvgIpc) is 3.27. The number of nitrogens with one attached hydrogen (secondary N) is 1. The summed E-state index contributed by atoms with van der Waals surface area (Å²) in [4.78, 5) is 31.5. The summed E-state index contributed by atoms with van der Waals surface area (Å²) in [5, 5.41) is 11.0. The fourth-order valence-corrected chi connectivity index (χ4v) is 3.80. The van der Waals surface area contributed by atoms with E-state index in [9.17, 15) is 9.59 Å². The van der Waals surface area contributed by atoms with Gasteiger partial charge in [0, 0.05) is 37.2 Å². The predicted molar refractivity (Wildman–Crippen MR) is 120 cm³/mol. The maximum Gasteiger partial charge on any atom is 0.247 e. The molecule has 0 saturated carbocycles. The van der Waals surface area contributed by atoms with Crippen molar-refractivity contribution in [3.63, 3.8) is 0 Å². The molecule has 4 rings (SSSR count). The highest BCUT2D eigenvalue weighted by atomic mass is 16.4. The second-order valence-corrected chi connectivity index (χ2v) is 8.20. The van der Waals surface area contributed by atoms with Gasteiger partial charge < -0.3 is 14.6 Å². The van der Waals surface area contributed by atoms with Gasteiger partial charge in [-0.15, -0.1) is 10.2 Å². The van der Waals surface area contributed by atoms with Crippen molar-refractivity contribution >= 4 is 17.6 Å². The summed E-state index contributed by atoms with van der Waals surface area (Å²) in [7, 11) is 0. The normalized spacial score (nSPS) is 16.1. The number of rotatable bonds is 6. The van der Waals surface area contributed by atoms with Crippen LogP contribution in [0.1, 0.15) is 36.4 Å². The number of aryl methyl sites for hydroxylation is 3. The molecule has 8 nitrogen and oxygen atoms in total. The lowest BCUT2D eigenvalue weighted by Crippen LogP contribution is -2.43. The van der Waals surface area contributed by atoms with Gasteiger partial charge in [-0.2, -0.15) is 0 Å². The molecule has 1 N–H and O–H groups in total. The van der Waals surface area contributed by atoms with Gasteiger partial charge >= 0.3 is 0 Å². The number of nitrogens with zero attached hydrogens (tertiary/aromatic N) is 4. The molecule has 3 aromatic rings. The molecule has 1 aliphatic heterocycles. The van der Waals surface area contributed by atoms with Crippen LogP contribution in [-0.2, 0) is 16.0 Å². The molecule has 0 aliphatic carbocycles. The second-order valence-electron chi connectivity index (χ2n) is 8.20. The van der Waals surface area contributed by atoms with Crippen molar-refractivity contribution in [2.24, 2.45) is 5.92 Å². The van der Waals surface area contributed by atoms with Crippen LogP contribution >= 0.6 is 0 Å². The van der Waals surface area contributed by atoms with Crippen molar-refractivity contribution in [1.82, 2.24) is 20.1 Å². The van der Waals surface area contributed by atoms with Crippen molar-refractivity contribution in [2.45, 2.75) is 39.5 Å². The zero-order valence-electron chi connectivity index (χ0n) is 18.4. The number of hydrogen-bond acceptors (Lipinski definition) is 6. The van der Waals surface area contributed by atoms with E-state index in [0.717, 1.165) is 29.7 Å². The van der Waals surface area contributed by atoms with Crippen molar-refractivity contribution in [2.75, 3.05) is 18.4 Å². The van der Waals surface area contributed by atoms with E-state index in [0.29, 0.717) is 37.1 Å². The van der Waals surface area contributed by atoms with Crippen LogP contribution in [0.25, 0.3) is 11.5 Å². The Morgan fingerprint density at radius 2 is 1.94 bits per heavy atom. The Labute approximate surface area is 187 Å². The van der Waals surface area contributed by atoms with Gasteiger partial charge in [0.15, 0.2) is 0 Å². The van der Waals surface area contributed by atoms with Crippen LogP contribution in [0.2, 0.25) is 0 Å². The first-order chi connectivity index (χ1) is 15.5. The van der Waals surface area contributed by atoms with Crippen LogP contribution in [0.4, 0.5) is 5.82 Å². The highest BCUT2D eigenvalue weighted by Crippen LogP contribution is 2.21. The van der Waals surface area contributed by atoms with E-state index in [4.69, 9.17) is 4.42 Å². The zero-order valence-corrected chi connectivity index (χ0v) is 18.4. The number of pyridine rings is 1. The molecular weight excluding hydrogens is 406 g/mol. The third-order valence-electron chi connectivity index (χ3n) is 5.60. The maximum atomic E-state index is 12.7. The van der Waals surface area contributed by atoms with Crippen LogP contribution in [0, 0.1) is 19.8 Å². The third-order valence-corrected chi connectivity index (χ3v) is 5.60. The van der Waals surface area contributed by atoms with Crippen LogP contribution in [0.5, 0.6) is 0 Å². The summed E-state index contributed by atoms with van der Waals surface area (Å²) in [5.41, 5.74) is 2.85. The minimum atomic E-state index is -0.244.